The van der Waals surface area contributed by atoms with Crippen molar-refractivity contribution in [3.8, 4) is 0 Å². The van der Waals surface area contributed by atoms with Crippen molar-refractivity contribution in [3.63, 3.8) is 0 Å². The number of hydrogen-bond donors (Lipinski definition) is 0. The fourth-order valence-corrected chi connectivity index (χ4v) is 0.935. The van der Waals surface area contributed by atoms with E-state index in [9.17, 15) is 0 Å². The van der Waals surface area contributed by atoms with Gasteiger partial charge in [0.2, 0.25) is 0 Å². The van der Waals surface area contributed by atoms with E-state index in [1.807, 2.05) is 20.1 Å². The highest BCUT2D eigenvalue weighted by atomic mass is 28.3. The molecule has 0 N–H and O–H groups in total. The fourth-order valence-electron chi connectivity index (χ4n) is 0.631. The van der Waals surface area contributed by atoms with E-state index < -0.39 is 9.04 Å². The number of nitrogens with zero attached hydrogens (tertiary/aromatic N) is 4. The second kappa shape index (κ2) is 4.00. The van der Waals surface area contributed by atoms with E-state index in [1.54, 1.807) is 17.1 Å². The minimum atomic E-state index is -1.06. The molecule has 0 bridgehead atoms. The Kier molecular flexibility index (Phi) is 2.98. The third-order valence-corrected chi connectivity index (χ3v) is 1.62. The van der Waals surface area contributed by atoms with Crippen molar-refractivity contribution in [1.29, 1.82) is 0 Å². The average molecular weight is 184 g/mol. The number of oxime groups is 1. The molecule has 5 nitrogen and oxygen atoms in total. The second-order valence-electron chi connectivity index (χ2n) is 2.71. The van der Waals surface area contributed by atoms with Crippen LogP contribution in [0.15, 0.2) is 11.4 Å². The molecule has 1 rings (SSSR count). The molecule has 0 aliphatic carbocycles. The van der Waals surface area contributed by atoms with Crippen LogP contribution in [0, 0.1) is 0 Å². The first-order valence-electron chi connectivity index (χ1n) is 3.74. The Labute approximate surface area is 72.8 Å². The molecule has 1 heterocycles. The van der Waals surface area contributed by atoms with E-state index in [2.05, 4.69) is 15.5 Å². The summed E-state index contributed by atoms with van der Waals surface area (Å²) < 4.78 is 6.71. The lowest BCUT2D eigenvalue weighted by molar-refractivity contribution is 0.354. The van der Waals surface area contributed by atoms with Gasteiger partial charge in [-0.15, -0.1) is 10.3 Å². The molecule has 0 saturated heterocycles. The van der Waals surface area contributed by atoms with E-state index in [1.165, 1.54) is 0 Å². The zero-order chi connectivity index (χ0) is 8.97. The lowest BCUT2D eigenvalue weighted by Crippen LogP contribution is -2.01. The molecule has 0 radical (unpaired) electrons. The van der Waals surface area contributed by atoms with Gasteiger partial charge in [0.05, 0.1) is 12.4 Å². The molecule has 0 amide bonds. The molecule has 12 heavy (non-hydrogen) atoms. The monoisotopic (exact) mass is 184 g/mol. The summed E-state index contributed by atoms with van der Waals surface area (Å²) in [6.07, 6.45) is 3.34. The molecule has 0 spiro atoms. The Morgan fingerprint density at radius 3 is 2.92 bits per heavy atom. The summed E-state index contributed by atoms with van der Waals surface area (Å²) in [5, 5.41) is 11.3. The molecule has 1 aromatic heterocycles. The number of aryl methyl sites for hydroxylation is 1. The van der Waals surface area contributed by atoms with Gasteiger partial charge in [-0.25, -0.2) is 0 Å². The minimum Gasteiger partial charge on any atom is -0.459 e. The Balaban J connectivity index is 2.46. The average Bonchev–Trinajstić information content (AvgIpc) is 2.35. The quantitative estimate of drug-likeness (QED) is 0.382. The largest absolute Gasteiger partial charge is 0.459 e. The highest BCUT2D eigenvalue weighted by molar-refractivity contribution is 6.48. The van der Waals surface area contributed by atoms with Crippen molar-refractivity contribution in [2.24, 2.45) is 12.2 Å². The topological polar surface area (TPSA) is 52.3 Å². The van der Waals surface area contributed by atoms with Gasteiger partial charge in [0, 0.05) is 7.05 Å². The molecule has 0 fully saturated rings. The van der Waals surface area contributed by atoms with Gasteiger partial charge in [0.15, 0.2) is 0 Å². The molecule has 66 valence electrons. The highest BCUT2D eigenvalue weighted by Gasteiger charge is 1.94. The highest BCUT2D eigenvalue weighted by Crippen LogP contribution is 1.88. The maximum Gasteiger partial charge on any atom is 0.266 e. The van der Waals surface area contributed by atoms with Crippen LogP contribution in [0.1, 0.15) is 5.69 Å². The molecular weight excluding hydrogens is 172 g/mol. The fraction of sp³-hybridized carbons (Fsp3) is 0.500. The Morgan fingerprint density at radius 2 is 2.42 bits per heavy atom. The Bertz CT molecular complexity index is 270. The van der Waals surface area contributed by atoms with E-state index in [0.717, 1.165) is 0 Å². The van der Waals surface area contributed by atoms with Gasteiger partial charge >= 0.3 is 0 Å². The molecule has 0 unspecified atom stereocenters. The van der Waals surface area contributed by atoms with Gasteiger partial charge in [-0.3, -0.25) is 4.68 Å². The first-order chi connectivity index (χ1) is 5.68. The van der Waals surface area contributed by atoms with Crippen LogP contribution >= 0.6 is 0 Å². The van der Waals surface area contributed by atoms with Crippen LogP contribution in [0.25, 0.3) is 0 Å². The van der Waals surface area contributed by atoms with Gasteiger partial charge in [-0.1, -0.05) is 5.21 Å². The molecule has 1 aromatic rings. The van der Waals surface area contributed by atoms with E-state index in [0.29, 0.717) is 5.69 Å². The maximum atomic E-state index is 5.09. The smallest absolute Gasteiger partial charge is 0.266 e. The summed E-state index contributed by atoms with van der Waals surface area (Å²) in [7, 11) is 0.750. The molecule has 0 aliphatic rings. The van der Waals surface area contributed by atoms with Gasteiger partial charge in [0.25, 0.3) is 9.04 Å². The third kappa shape index (κ3) is 2.83. The number of hydrogen-bond acceptors (Lipinski definition) is 4. The van der Waals surface area contributed by atoms with E-state index in [4.69, 9.17) is 4.53 Å². The number of aromatic nitrogens is 3. The minimum absolute atomic E-state index is 0.715. The summed E-state index contributed by atoms with van der Waals surface area (Å²) in [5.41, 5.74) is 0.715. The van der Waals surface area contributed by atoms with Crippen LogP contribution in [0.5, 0.6) is 0 Å². The predicted octanol–water partition coefficient (Wildman–Crippen LogP) is 0.149. The molecule has 0 saturated carbocycles. The first-order valence-corrected chi connectivity index (χ1v) is 6.52. The van der Waals surface area contributed by atoms with Crippen LogP contribution < -0.4 is 0 Å². The van der Waals surface area contributed by atoms with Crippen molar-refractivity contribution in [2.75, 3.05) is 0 Å². The first kappa shape index (κ1) is 8.92. The summed E-state index contributed by atoms with van der Waals surface area (Å²) >= 11 is 0. The van der Waals surface area contributed by atoms with Crippen molar-refractivity contribution in [2.45, 2.75) is 13.1 Å². The third-order valence-electron chi connectivity index (χ3n) is 1.08. The van der Waals surface area contributed by atoms with E-state index >= 15 is 0 Å². The van der Waals surface area contributed by atoms with Crippen LogP contribution in [0.3, 0.4) is 0 Å². The molecule has 0 atom stereocenters. The van der Waals surface area contributed by atoms with Gasteiger partial charge in [-0.2, -0.15) is 0 Å². The van der Waals surface area contributed by atoms with Crippen molar-refractivity contribution < 1.29 is 4.53 Å². The SMILES string of the molecule is Cn1cc(C=NO[SiH](C)C)nn1. The van der Waals surface area contributed by atoms with Crippen molar-refractivity contribution in [3.05, 3.63) is 11.9 Å². The molecular formula is C6H12N4OSi. The maximum absolute atomic E-state index is 5.09. The molecule has 0 aliphatic heterocycles. The van der Waals surface area contributed by atoms with E-state index in [-0.39, 0.29) is 0 Å². The molecule has 6 heteroatoms. The van der Waals surface area contributed by atoms with Gasteiger partial charge < -0.3 is 4.53 Å². The Hall–Kier alpha value is -1.17. The van der Waals surface area contributed by atoms with Gasteiger partial charge in [0.1, 0.15) is 5.69 Å². The van der Waals surface area contributed by atoms with Crippen LogP contribution in [-0.2, 0) is 11.6 Å². The number of rotatable bonds is 3. The molecule has 0 aromatic carbocycles. The summed E-state index contributed by atoms with van der Waals surface area (Å²) in [6.45, 7) is 4.10. The lowest BCUT2D eigenvalue weighted by atomic mass is 10.5. The second-order valence-corrected chi connectivity index (χ2v) is 5.01. The zero-order valence-electron chi connectivity index (χ0n) is 7.43. The normalized spacial score (nSPS) is 11.3. The van der Waals surface area contributed by atoms with Crippen LogP contribution in [-0.4, -0.2) is 30.2 Å². The standard InChI is InChI=1S/C6H12N4OSi/c1-10-5-6(8-9-10)4-7-11-12(2)3/h4-5,12H,1-3H3. The summed E-state index contributed by atoms with van der Waals surface area (Å²) in [4.78, 5) is 0. The lowest BCUT2D eigenvalue weighted by Gasteiger charge is -1.97. The zero-order valence-corrected chi connectivity index (χ0v) is 8.58. The van der Waals surface area contributed by atoms with Crippen LogP contribution in [0.2, 0.25) is 13.1 Å². The Morgan fingerprint density at radius 1 is 1.67 bits per heavy atom. The van der Waals surface area contributed by atoms with Crippen LogP contribution in [0.4, 0.5) is 0 Å². The summed E-state index contributed by atoms with van der Waals surface area (Å²) in [5.74, 6) is 0. The predicted molar refractivity (Wildman–Crippen MR) is 48.6 cm³/mol. The van der Waals surface area contributed by atoms with Crippen molar-refractivity contribution in [1.82, 2.24) is 15.0 Å². The summed E-state index contributed by atoms with van der Waals surface area (Å²) in [6, 6.07) is 0. The van der Waals surface area contributed by atoms with Gasteiger partial charge in [-0.05, 0) is 13.1 Å². The van der Waals surface area contributed by atoms with Crippen molar-refractivity contribution >= 4 is 15.3 Å².